The van der Waals surface area contributed by atoms with Gasteiger partial charge in [0.15, 0.2) is 17.5 Å². The Balaban J connectivity index is 1.09. The van der Waals surface area contributed by atoms with Gasteiger partial charge in [0, 0.05) is 38.4 Å². The minimum Gasteiger partial charge on any atom is -0.455 e. The fourth-order valence-corrected chi connectivity index (χ4v) is 8.55. The molecule has 0 aliphatic heterocycles. The van der Waals surface area contributed by atoms with E-state index < -0.39 is 0 Å². The van der Waals surface area contributed by atoms with Gasteiger partial charge in [-0.15, -0.1) is 0 Å². The van der Waals surface area contributed by atoms with Crippen LogP contribution in [0.15, 0.2) is 186 Å². The Labute approximate surface area is 335 Å². The van der Waals surface area contributed by atoms with E-state index in [2.05, 4.69) is 146 Å². The van der Waals surface area contributed by atoms with Crippen LogP contribution >= 0.6 is 0 Å². The molecule has 0 radical (unpaired) electrons. The van der Waals surface area contributed by atoms with E-state index in [9.17, 15) is 0 Å². The monoisotopic (exact) mass is 744 g/mol. The molecule has 0 unspecified atom stereocenters. The third-order valence-electron chi connectivity index (χ3n) is 11.4. The highest BCUT2D eigenvalue weighted by Gasteiger charge is 2.21. The summed E-state index contributed by atoms with van der Waals surface area (Å²) in [5.74, 6) is 1.78. The molecule has 0 fully saturated rings. The Morgan fingerprint density at radius 3 is 1.86 bits per heavy atom. The number of aromatic nitrogens is 4. The van der Waals surface area contributed by atoms with Crippen molar-refractivity contribution in [1.82, 2.24) is 19.5 Å². The fraction of sp³-hybridized carbons (Fsp3) is 0.0377. The van der Waals surface area contributed by atoms with Crippen molar-refractivity contribution in [3.8, 4) is 62.1 Å². The number of para-hydroxylation sites is 4. The number of hydrogen-bond acceptors (Lipinski definition) is 4. The Bertz CT molecular complexity index is 3360. The quantitative estimate of drug-likeness (QED) is 0.170. The summed E-state index contributed by atoms with van der Waals surface area (Å²) in [7, 11) is 0. The van der Waals surface area contributed by atoms with Crippen LogP contribution in [0.2, 0.25) is 0 Å². The number of furan rings is 1. The van der Waals surface area contributed by atoms with Gasteiger partial charge in [0.2, 0.25) is 0 Å². The molecular weight excluding hydrogens is 709 g/mol. The maximum absolute atomic E-state index is 6.48. The molecule has 3 heterocycles. The first-order valence-corrected chi connectivity index (χ1v) is 19.6. The van der Waals surface area contributed by atoms with Crippen LogP contribution in [0.25, 0.3) is 106 Å². The first-order chi connectivity index (χ1) is 28.6. The molecular formula is C53H36N4O. The lowest BCUT2D eigenvalue weighted by atomic mass is 9.89. The number of aryl methyl sites for hydroxylation is 2. The molecule has 11 aromatic rings. The van der Waals surface area contributed by atoms with Crippen molar-refractivity contribution in [1.29, 1.82) is 0 Å². The lowest BCUT2D eigenvalue weighted by Crippen LogP contribution is -2.02. The molecule has 5 heteroatoms. The lowest BCUT2D eigenvalue weighted by molar-refractivity contribution is 0.669. The van der Waals surface area contributed by atoms with E-state index in [1.807, 2.05) is 54.6 Å². The second-order valence-corrected chi connectivity index (χ2v) is 14.9. The maximum atomic E-state index is 6.48. The molecule has 0 saturated heterocycles. The summed E-state index contributed by atoms with van der Waals surface area (Å²) in [5, 5.41) is 4.55. The van der Waals surface area contributed by atoms with Crippen molar-refractivity contribution in [3.63, 3.8) is 0 Å². The maximum Gasteiger partial charge on any atom is 0.167 e. The molecule has 0 spiro atoms. The molecule has 274 valence electrons. The summed E-state index contributed by atoms with van der Waals surface area (Å²) in [5.41, 5.74) is 14.7. The van der Waals surface area contributed by atoms with Crippen LogP contribution in [0.1, 0.15) is 11.1 Å². The fourth-order valence-electron chi connectivity index (χ4n) is 8.55. The highest BCUT2D eigenvalue weighted by molar-refractivity contribution is 6.11. The Kier molecular flexibility index (Phi) is 7.86. The topological polar surface area (TPSA) is 56.7 Å². The predicted molar refractivity (Wildman–Crippen MR) is 238 cm³/mol. The normalized spacial score (nSPS) is 11.6. The zero-order valence-corrected chi connectivity index (χ0v) is 32.0. The Morgan fingerprint density at radius 2 is 1.02 bits per heavy atom. The van der Waals surface area contributed by atoms with Gasteiger partial charge in [0.25, 0.3) is 0 Å². The molecule has 0 N–H and O–H groups in total. The summed E-state index contributed by atoms with van der Waals surface area (Å²) >= 11 is 0. The Morgan fingerprint density at radius 1 is 0.397 bits per heavy atom. The molecule has 5 nitrogen and oxygen atoms in total. The van der Waals surface area contributed by atoms with Crippen molar-refractivity contribution in [2.24, 2.45) is 0 Å². The van der Waals surface area contributed by atoms with Crippen LogP contribution in [0.3, 0.4) is 0 Å². The molecule has 0 atom stereocenters. The van der Waals surface area contributed by atoms with E-state index in [0.717, 1.165) is 72.1 Å². The highest BCUT2D eigenvalue weighted by Crippen LogP contribution is 2.41. The van der Waals surface area contributed by atoms with Crippen molar-refractivity contribution in [2.45, 2.75) is 13.8 Å². The van der Waals surface area contributed by atoms with Crippen molar-refractivity contribution >= 4 is 43.7 Å². The first-order valence-electron chi connectivity index (χ1n) is 19.6. The highest BCUT2D eigenvalue weighted by atomic mass is 16.3. The second-order valence-electron chi connectivity index (χ2n) is 14.9. The summed E-state index contributed by atoms with van der Waals surface area (Å²) < 4.78 is 8.84. The average Bonchev–Trinajstić information content (AvgIpc) is 3.83. The van der Waals surface area contributed by atoms with Crippen LogP contribution < -0.4 is 0 Å². The van der Waals surface area contributed by atoms with Crippen molar-refractivity contribution in [3.05, 3.63) is 193 Å². The minimum absolute atomic E-state index is 0.564. The Hall–Kier alpha value is -7.63. The summed E-state index contributed by atoms with van der Waals surface area (Å²) in [6.45, 7) is 4.35. The third kappa shape index (κ3) is 5.51. The van der Waals surface area contributed by atoms with Gasteiger partial charge in [-0.3, -0.25) is 0 Å². The number of rotatable bonds is 6. The summed E-state index contributed by atoms with van der Waals surface area (Å²) in [4.78, 5) is 15.6. The molecule has 0 aliphatic rings. The number of benzene rings is 8. The number of nitrogens with zero attached hydrogens (tertiary/aromatic N) is 4. The molecule has 8 aromatic carbocycles. The SMILES string of the molecule is Cc1ccc(-c2ccc3c(c2)c2ccccc2n3-c2ccccc2)cc1-c1c(C)cccc1-c1nc(-c2ccccc2)nc(-c2cccc3c2oc2ccccc23)n1. The van der Waals surface area contributed by atoms with Crippen LogP contribution in [-0.2, 0) is 0 Å². The predicted octanol–water partition coefficient (Wildman–Crippen LogP) is 13.8. The smallest absolute Gasteiger partial charge is 0.167 e. The van der Waals surface area contributed by atoms with Gasteiger partial charge in [-0.2, -0.15) is 0 Å². The third-order valence-corrected chi connectivity index (χ3v) is 11.4. The van der Waals surface area contributed by atoms with Crippen LogP contribution in [0, 0.1) is 13.8 Å². The second kappa shape index (κ2) is 13.5. The molecule has 0 amide bonds. The first kappa shape index (κ1) is 33.7. The zero-order valence-electron chi connectivity index (χ0n) is 32.0. The van der Waals surface area contributed by atoms with Gasteiger partial charge in [0.1, 0.15) is 11.2 Å². The summed E-state index contributed by atoms with van der Waals surface area (Å²) in [6.07, 6.45) is 0. The van der Waals surface area contributed by atoms with Gasteiger partial charge in [-0.1, -0.05) is 133 Å². The molecule has 0 saturated carbocycles. The largest absolute Gasteiger partial charge is 0.455 e. The lowest BCUT2D eigenvalue weighted by Gasteiger charge is -2.17. The molecule has 11 rings (SSSR count). The van der Waals surface area contributed by atoms with Crippen molar-refractivity contribution < 1.29 is 4.42 Å². The number of fused-ring (bicyclic) bond motifs is 6. The van der Waals surface area contributed by atoms with E-state index in [4.69, 9.17) is 19.4 Å². The number of hydrogen-bond donors (Lipinski definition) is 0. The van der Waals surface area contributed by atoms with E-state index in [-0.39, 0.29) is 0 Å². The molecule has 0 bridgehead atoms. The van der Waals surface area contributed by atoms with Gasteiger partial charge in [-0.05, 0) is 95.8 Å². The van der Waals surface area contributed by atoms with Crippen LogP contribution in [0.4, 0.5) is 0 Å². The van der Waals surface area contributed by atoms with Crippen molar-refractivity contribution in [2.75, 3.05) is 0 Å². The van der Waals surface area contributed by atoms with Gasteiger partial charge >= 0.3 is 0 Å². The van der Waals surface area contributed by atoms with E-state index >= 15 is 0 Å². The minimum atomic E-state index is 0.564. The average molecular weight is 745 g/mol. The zero-order chi connectivity index (χ0) is 38.7. The summed E-state index contributed by atoms with van der Waals surface area (Å²) in [6, 6.07) is 63.8. The molecule has 58 heavy (non-hydrogen) atoms. The van der Waals surface area contributed by atoms with E-state index in [0.29, 0.717) is 17.5 Å². The van der Waals surface area contributed by atoms with E-state index in [1.54, 1.807) is 0 Å². The van der Waals surface area contributed by atoms with Crippen LogP contribution in [0.5, 0.6) is 0 Å². The standard InChI is InChI=1S/C53H36N4O/c1-33-27-28-36(37-29-30-47-45(32-37)39-20-9-11-25-46(39)57(47)38-18-7-4-8-19-38)31-44(33)49-34(2)15-13-23-42(49)52-54-51(35-16-5-3-6-17-35)55-53(56-52)43-24-14-22-41-40-21-10-12-26-48(40)58-50(41)43/h3-32H,1-2H3. The van der Waals surface area contributed by atoms with Gasteiger partial charge in [-0.25, -0.2) is 15.0 Å². The van der Waals surface area contributed by atoms with Gasteiger partial charge in [0.05, 0.1) is 16.6 Å². The van der Waals surface area contributed by atoms with E-state index in [1.165, 1.54) is 27.4 Å². The molecule has 3 aromatic heterocycles. The molecule has 0 aliphatic carbocycles. The van der Waals surface area contributed by atoms with Crippen LogP contribution in [-0.4, -0.2) is 19.5 Å². The van der Waals surface area contributed by atoms with Gasteiger partial charge < -0.3 is 8.98 Å².